The SMILES string of the molecule is NNc1nc(Oc2ccccc2Cl)c(Cl)cc1Cl. The summed E-state index contributed by atoms with van der Waals surface area (Å²) in [4.78, 5) is 4.05. The van der Waals surface area contributed by atoms with Crippen molar-refractivity contribution in [3.8, 4) is 11.6 Å². The second-order valence-corrected chi connectivity index (χ2v) is 4.50. The molecule has 0 spiro atoms. The van der Waals surface area contributed by atoms with Crippen LogP contribution in [0.5, 0.6) is 11.6 Å². The zero-order valence-electron chi connectivity index (χ0n) is 8.95. The molecule has 0 atom stereocenters. The minimum absolute atomic E-state index is 0.169. The van der Waals surface area contributed by atoms with Gasteiger partial charge in [-0.15, -0.1) is 0 Å². The van der Waals surface area contributed by atoms with Gasteiger partial charge >= 0.3 is 0 Å². The highest BCUT2D eigenvalue weighted by Gasteiger charge is 2.12. The van der Waals surface area contributed by atoms with E-state index in [9.17, 15) is 0 Å². The molecule has 7 heteroatoms. The van der Waals surface area contributed by atoms with Crippen LogP contribution in [0, 0.1) is 0 Å². The molecule has 94 valence electrons. The normalized spacial score (nSPS) is 10.2. The highest BCUT2D eigenvalue weighted by molar-refractivity contribution is 6.36. The van der Waals surface area contributed by atoms with Gasteiger partial charge in [-0.3, -0.25) is 0 Å². The lowest BCUT2D eigenvalue weighted by atomic mass is 10.3. The number of para-hydroxylation sites is 1. The molecule has 1 heterocycles. The largest absolute Gasteiger partial charge is 0.436 e. The molecule has 2 rings (SSSR count). The van der Waals surface area contributed by atoms with E-state index in [1.807, 2.05) is 0 Å². The van der Waals surface area contributed by atoms with E-state index in [2.05, 4.69) is 10.4 Å². The third kappa shape index (κ3) is 2.79. The molecule has 0 aliphatic carbocycles. The van der Waals surface area contributed by atoms with Crippen LogP contribution in [0.15, 0.2) is 30.3 Å². The minimum atomic E-state index is 0.169. The van der Waals surface area contributed by atoms with E-state index in [1.54, 1.807) is 24.3 Å². The van der Waals surface area contributed by atoms with E-state index >= 15 is 0 Å². The van der Waals surface area contributed by atoms with Gasteiger partial charge in [0.15, 0.2) is 5.82 Å². The Kier molecular flexibility index (Phi) is 4.14. The summed E-state index contributed by atoms with van der Waals surface area (Å²) in [6.07, 6.45) is 0. The molecule has 1 aromatic carbocycles. The number of benzene rings is 1. The number of ether oxygens (including phenoxy) is 1. The third-order valence-electron chi connectivity index (χ3n) is 2.08. The van der Waals surface area contributed by atoms with E-state index in [4.69, 9.17) is 45.4 Å². The lowest BCUT2D eigenvalue weighted by molar-refractivity contribution is 0.464. The quantitative estimate of drug-likeness (QED) is 0.661. The van der Waals surface area contributed by atoms with Crippen molar-refractivity contribution in [2.24, 2.45) is 5.84 Å². The molecule has 0 aliphatic heterocycles. The van der Waals surface area contributed by atoms with Crippen LogP contribution in [0.25, 0.3) is 0 Å². The van der Waals surface area contributed by atoms with Crippen molar-refractivity contribution in [2.45, 2.75) is 0 Å². The molecule has 0 saturated carbocycles. The number of hydrogen-bond donors (Lipinski definition) is 2. The molecule has 4 nitrogen and oxygen atoms in total. The number of hydrazine groups is 1. The molecule has 0 radical (unpaired) electrons. The number of nitrogens with zero attached hydrogens (tertiary/aromatic N) is 1. The minimum Gasteiger partial charge on any atom is -0.436 e. The maximum absolute atomic E-state index is 5.98. The molecule has 0 bridgehead atoms. The van der Waals surface area contributed by atoms with Gasteiger partial charge in [0.1, 0.15) is 10.8 Å². The number of anilines is 1. The summed E-state index contributed by atoms with van der Waals surface area (Å²) < 4.78 is 5.51. The predicted molar refractivity (Wildman–Crippen MR) is 73.6 cm³/mol. The van der Waals surface area contributed by atoms with Crippen LogP contribution >= 0.6 is 34.8 Å². The second-order valence-electron chi connectivity index (χ2n) is 3.28. The second kappa shape index (κ2) is 5.63. The van der Waals surface area contributed by atoms with Gasteiger partial charge in [0.05, 0.1) is 10.0 Å². The zero-order chi connectivity index (χ0) is 13.1. The highest BCUT2D eigenvalue weighted by Crippen LogP contribution is 2.35. The summed E-state index contributed by atoms with van der Waals surface area (Å²) in [6, 6.07) is 8.46. The summed E-state index contributed by atoms with van der Waals surface area (Å²) in [5.74, 6) is 6.15. The van der Waals surface area contributed by atoms with Crippen molar-refractivity contribution < 1.29 is 4.74 Å². The number of rotatable bonds is 3. The van der Waals surface area contributed by atoms with E-state index in [0.717, 1.165) is 0 Å². The Hall–Kier alpha value is -1.20. The van der Waals surface area contributed by atoms with Crippen molar-refractivity contribution in [2.75, 3.05) is 5.43 Å². The predicted octanol–water partition coefficient (Wildman–Crippen LogP) is 4.12. The molecule has 1 aromatic heterocycles. The van der Waals surface area contributed by atoms with Gasteiger partial charge in [-0.05, 0) is 18.2 Å². The molecule has 18 heavy (non-hydrogen) atoms. The summed E-state index contributed by atoms with van der Waals surface area (Å²) in [7, 11) is 0. The van der Waals surface area contributed by atoms with E-state index in [0.29, 0.717) is 15.8 Å². The Balaban J connectivity index is 2.38. The van der Waals surface area contributed by atoms with Crippen LogP contribution in [0.2, 0.25) is 15.1 Å². The lowest BCUT2D eigenvalue weighted by Crippen LogP contribution is -2.09. The van der Waals surface area contributed by atoms with Crippen molar-refractivity contribution in [1.29, 1.82) is 0 Å². The van der Waals surface area contributed by atoms with Gasteiger partial charge in [0.2, 0.25) is 5.88 Å². The summed E-state index contributed by atoms with van der Waals surface area (Å²) in [6.45, 7) is 0. The van der Waals surface area contributed by atoms with Crippen molar-refractivity contribution >= 4 is 40.6 Å². The lowest BCUT2D eigenvalue weighted by Gasteiger charge is -2.10. The summed E-state index contributed by atoms with van der Waals surface area (Å²) in [5.41, 5.74) is 2.35. The molecule has 3 N–H and O–H groups in total. The van der Waals surface area contributed by atoms with E-state index in [1.165, 1.54) is 6.07 Å². The van der Waals surface area contributed by atoms with Crippen LogP contribution in [-0.2, 0) is 0 Å². The molecular weight excluding hydrogens is 296 g/mol. The molecular formula is C11H8Cl3N3O. The Labute approximate surface area is 119 Å². The Morgan fingerprint density at radius 2 is 1.78 bits per heavy atom. The number of nitrogens with two attached hydrogens (primary N) is 1. The fraction of sp³-hybridized carbons (Fsp3) is 0. The van der Waals surface area contributed by atoms with Crippen LogP contribution in [-0.4, -0.2) is 4.98 Å². The number of halogens is 3. The smallest absolute Gasteiger partial charge is 0.240 e. The molecule has 0 fully saturated rings. The first kappa shape index (κ1) is 13.2. The molecule has 0 amide bonds. The molecule has 0 aliphatic rings. The van der Waals surface area contributed by atoms with Gasteiger partial charge in [-0.2, -0.15) is 4.98 Å². The monoisotopic (exact) mass is 303 g/mol. The van der Waals surface area contributed by atoms with Gasteiger partial charge in [0.25, 0.3) is 0 Å². The zero-order valence-corrected chi connectivity index (χ0v) is 11.2. The molecule has 0 unspecified atom stereocenters. The number of pyridine rings is 1. The Morgan fingerprint density at radius 3 is 2.44 bits per heavy atom. The van der Waals surface area contributed by atoms with Gasteiger partial charge < -0.3 is 10.2 Å². The van der Waals surface area contributed by atoms with E-state index < -0.39 is 0 Å². The summed E-state index contributed by atoms with van der Waals surface area (Å²) in [5, 5.41) is 1.01. The van der Waals surface area contributed by atoms with Crippen molar-refractivity contribution in [3.63, 3.8) is 0 Å². The first-order valence-electron chi connectivity index (χ1n) is 4.87. The van der Waals surface area contributed by atoms with Gasteiger partial charge in [0, 0.05) is 0 Å². The molecule has 2 aromatic rings. The van der Waals surface area contributed by atoms with E-state index in [-0.39, 0.29) is 16.7 Å². The Bertz CT molecular complexity index is 577. The van der Waals surface area contributed by atoms with Crippen molar-refractivity contribution in [1.82, 2.24) is 4.98 Å². The number of hydrogen-bond acceptors (Lipinski definition) is 4. The average molecular weight is 305 g/mol. The average Bonchev–Trinajstić information content (AvgIpc) is 2.35. The third-order valence-corrected chi connectivity index (χ3v) is 2.95. The Morgan fingerprint density at radius 1 is 1.06 bits per heavy atom. The first-order valence-corrected chi connectivity index (χ1v) is 6.00. The standard InChI is InChI=1S/C11H8Cl3N3O/c12-6-3-1-2-4-9(6)18-11-8(14)5-7(13)10(16-11)17-15/h1-5H,15H2,(H,16,17). The number of aromatic nitrogens is 1. The van der Waals surface area contributed by atoms with Crippen LogP contribution < -0.4 is 16.0 Å². The van der Waals surface area contributed by atoms with Crippen LogP contribution in [0.3, 0.4) is 0 Å². The topological polar surface area (TPSA) is 60.2 Å². The maximum Gasteiger partial charge on any atom is 0.240 e. The summed E-state index contributed by atoms with van der Waals surface area (Å²) >= 11 is 17.8. The maximum atomic E-state index is 5.98. The highest BCUT2D eigenvalue weighted by atomic mass is 35.5. The molecule has 0 saturated heterocycles. The fourth-order valence-electron chi connectivity index (χ4n) is 1.25. The fourth-order valence-corrected chi connectivity index (χ4v) is 1.88. The van der Waals surface area contributed by atoms with Gasteiger partial charge in [-0.25, -0.2) is 5.84 Å². The number of nitrogen functional groups attached to an aromatic ring is 1. The first-order chi connectivity index (χ1) is 8.61. The van der Waals surface area contributed by atoms with Crippen LogP contribution in [0.4, 0.5) is 5.82 Å². The van der Waals surface area contributed by atoms with Crippen molar-refractivity contribution in [3.05, 3.63) is 45.4 Å². The van der Waals surface area contributed by atoms with Gasteiger partial charge in [-0.1, -0.05) is 46.9 Å². The number of nitrogens with one attached hydrogen (secondary N) is 1. The van der Waals surface area contributed by atoms with Crippen LogP contribution in [0.1, 0.15) is 0 Å².